The number of alkyl halides is 3. The number of hydrogen-bond acceptors (Lipinski definition) is 4. The van der Waals surface area contributed by atoms with Crippen molar-refractivity contribution in [2.45, 2.75) is 23.7 Å². The lowest BCUT2D eigenvalue weighted by Crippen LogP contribution is -2.15. The summed E-state index contributed by atoms with van der Waals surface area (Å²) in [6, 6.07) is 7.93. The fourth-order valence-electron chi connectivity index (χ4n) is 2.01. The molecule has 0 amide bonds. The van der Waals surface area contributed by atoms with Crippen molar-refractivity contribution in [3.8, 4) is 5.75 Å². The number of hydrogen-bond donors (Lipinski definition) is 0. The Hall–Kier alpha value is -2.09. The van der Waals surface area contributed by atoms with E-state index < -0.39 is 27.5 Å². The summed E-state index contributed by atoms with van der Waals surface area (Å²) in [7, 11) is -3.92. The maximum absolute atomic E-state index is 12.9. The Bertz CT molecular complexity index is 771. The van der Waals surface area contributed by atoms with E-state index in [0.29, 0.717) is 12.4 Å². The number of aromatic nitrogens is 1. The third kappa shape index (κ3) is 4.22. The van der Waals surface area contributed by atoms with Crippen LogP contribution in [0.2, 0.25) is 0 Å². The van der Waals surface area contributed by atoms with Gasteiger partial charge in [-0.15, -0.1) is 0 Å². The first-order chi connectivity index (χ1) is 10.7. The largest absolute Gasteiger partial charge is 0.494 e. The first-order valence-corrected chi connectivity index (χ1v) is 8.36. The average Bonchev–Trinajstić information content (AvgIpc) is 2.47. The van der Waals surface area contributed by atoms with E-state index in [2.05, 4.69) is 4.98 Å². The molecule has 1 aromatic carbocycles. The molecule has 2 aromatic rings. The summed E-state index contributed by atoms with van der Waals surface area (Å²) in [5.41, 5.74) is -1.57. The molecule has 124 valence electrons. The summed E-state index contributed by atoms with van der Waals surface area (Å²) in [5, 5.41) is 0. The lowest BCUT2D eigenvalue weighted by atomic mass is 10.2. The third-order valence-corrected chi connectivity index (χ3v) is 4.68. The van der Waals surface area contributed by atoms with Crippen LogP contribution >= 0.6 is 0 Å². The second-order valence-corrected chi connectivity index (χ2v) is 6.66. The maximum Gasteiger partial charge on any atom is 0.433 e. The molecule has 23 heavy (non-hydrogen) atoms. The van der Waals surface area contributed by atoms with Crippen LogP contribution < -0.4 is 4.74 Å². The van der Waals surface area contributed by atoms with Crippen molar-refractivity contribution in [1.82, 2.24) is 4.98 Å². The van der Waals surface area contributed by atoms with E-state index in [-0.39, 0.29) is 10.5 Å². The second-order valence-electron chi connectivity index (χ2n) is 4.67. The third-order valence-electron chi connectivity index (χ3n) is 3.00. The Labute approximate surface area is 131 Å². The first-order valence-electron chi connectivity index (χ1n) is 6.71. The van der Waals surface area contributed by atoms with Gasteiger partial charge in [0.1, 0.15) is 11.4 Å². The van der Waals surface area contributed by atoms with E-state index in [0.717, 1.165) is 12.3 Å². The van der Waals surface area contributed by atoms with Crippen LogP contribution in [0, 0.1) is 0 Å². The molecule has 0 radical (unpaired) electrons. The highest BCUT2D eigenvalue weighted by Gasteiger charge is 2.36. The molecule has 0 saturated heterocycles. The highest BCUT2D eigenvalue weighted by molar-refractivity contribution is 7.90. The fraction of sp³-hybridized carbons (Fsp3) is 0.267. The smallest absolute Gasteiger partial charge is 0.433 e. The minimum atomic E-state index is -4.70. The summed E-state index contributed by atoms with van der Waals surface area (Å²) >= 11 is 0. The molecule has 4 nitrogen and oxygen atoms in total. The van der Waals surface area contributed by atoms with Gasteiger partial charge in [-0.05, 0) is 42.8 Å². The summed E-state index contributed by atoms with van der Waals surface area (Å²) in [6.45, 7) is 2.21. The van der Waals surface area contributed by atoms with E-state index in [1.165, 1.54) is 30.3 Å². The molecule has 0 aliphatic rings. The van der Waals surface area contributed by atoms with Crippen LogP contribution in [0.5, 0.6) is 5.75 Å². The maximum atomic E-state index is 12.9. The van der Waals surface area contributed by atoms with Crippen LogP contribution in [0.4, 0.5) is 13.2 Å². The predicted molar refractivity (Wildman–Crippen MR) is 77.7 cm³/mol. The average molecular weight is 345 g/mol. The minimum absolute atomic E-state index is 0.0714. The van der Waals surface area contributed by atoms with E-state index in [9.17, 15) is 21.6 Å². The predicted octanol–water partition coefficient (Wildman–Crippen LogP) is 3.47. The van der Waals surface area contributed by atoms with E-state index in [1.54, 1.807) is 6.92 Å². The van der Waals surface area contributed by atoms with E-state index in [1.807, 2.05) is 0 Å². The Balaban J connectivity index is 2.32. The van der Waals surface area contributed by atoms with Crippen LogP contribution in [-0.4, -0.2) is 20.0 Å². The van der Waals surface area contributed by atoms with E-state index >= 15 is 0 Å². The Morgan fingerprint density at radius 3 is 2.35 bits per heavy atom. The summed E-state index contributed by atoms with van der Waals surface area (Å²) < 4.78 is 68.5. The van der Waals surface area contributed by atoms with Gasteiger partial charge in [-0.25, -0.2) is 8.42 Å². The molecule has 0 unspecified atom stereocenters. The molecule has 0 aliphatic heterocycles. The zero-order valence-corrected chi connectivity index (χ0v) is 13.0. The fourth-order valence-corrected chi connectivity index (χ4v) is 3.37. The van der Waals surface area contributed by atoms with Gasteiger partial charge in [0.25, 0.3) is 0 Å². The molecule has 0 N–H and O–H groups in total. The van der Waals surface area contributed by atoms with Gasteiger partial charge in [0.2, 0.25) is 0 Å². The Morgan fingerprint density at radius 2 is 1.78 bits per heavy atom. The van der Waals surface area contributed by atoms with Gasteiger partial charge in [0, 0.05) is 6.20 Å². The minimum Gasteiger partial charge on any atom is -0.494 e. The standard InChI is InChI=1S/C15H14F3NO3S/c1-2-22-12-5-7-13(8-6-12)23(20,21)10-11-4-3-9-19-14(11)15(16,17)18/h3-9H,2,10H2,1H3. The molecule has 1 heterocycles. The number of nitrogens with zero attached hydrogens (tertiary/aromatic N) is 1. The summed E-state index contributed by atoms with van der Waals surface area (Å²) in [6.07, 6.45) is -3.72. The number of rotatable bonds is 5. The molecule has 0 spiro atoms. The van der Waals surface area contributed by atoms with Crippen LogP contribution in [0.25, 0.3) is 0 Å². The monoisotopic (exact) mass is 345 g/mol. The molecular weight excluding hydrogens is 331 g/mol. The van der Waals surface area contributed by atoms with Gasteiger partial charge in [-0.1, -0.05) is 6.07 Å². The topological polar surface area (TPSA) is 56.3 Å². The van der Waals surface area contributed by atoms with Gasteiger partial charge < -0.3 is 4.74 Å². The van der Waals surface area contributed by atoms with Crippen molar-refractivity contribution in [3.63, 3.8) is 0 Å². The van der Waals surface area contributed by atoms with Crippen molar-refractivity contribution >= 4 is 9.84 Å². The van der Waals surface area contributed by atoms with Gasteiger partial charge in [-0.2, -0.15) is 13.2 Å². The molecule has 0 bridgehead atoms. The lowest BCUT2D eigenvalue weighted by Gasteiger charge is -2.12. The summed E-state index contributed by atoms with van der Waals surface area (Å²) in [5.74, 6) is -0.285. The van der Waals surface area contributed by atoms with Gasteiger partial charge in [0.15, 0.2) is 9.84 Å². The number of ether oxygens (including phenoxy) is 1. The number of sulfone groups is 1. The van der Waals surface area contributed by atoms with Crippen molar-refractivity contribution in [3.05, 3.63) is 53.9 Å². The quantitative estimate of drug-likeness (QED) is 0.833. The summed E-state index contributed by atoms with van der Waals surface area (Å²) in [4.78, 5) is 3.19. The highest BCUT2D eigenvalue weighted by atomic mass is 32.2. The Morgan fingerprint density at radius 1 is 1.13 bits per heavy atom. The van der Waals surface area contributed by atoms with Gasteiger partial charge in [0.05, 0.1) is 17.3 Å². The van der Waals surface area contributed by atoms with Crippen molar-refractivity contribution < 1.29 is 26.3 Å². The molecule has 8 heteroatoms. The van der Waals surface area contributed by atoms with Crippen LogP contribution in [-0.2, 0) is 21.8 Å². The molecule has 0 atom stereocenters. The van der Waals surface area contributed by atoms with Crippen LogP contribution in [0.1, 0.15) is 18.2 Å². The molecule has 0 saturated carbocycles. The highest BCUT2D eigenvalue weighted by Crippen LogP contribution is 2.31. The SMILES string of the molecule is CCOc1ccc(S(=O)(=O)Cc2cccnc2C(F)(F)F)cc1. The number of halogens is 3. The van der Waals surface area contributed by atoms with E-state index in [4.69, 9.17) is 4.74 Å². The first kappa shape index (κ1) is 17.3. The molecular formula is C15H14F3NO3S. The van der Waals surface area contributed by atoms with Crippen molar-refractivity contribution in [1.29, 1.82) is 0 Å². The zero-order valence-electron chi connectivity index (χ0n) is 12.2. The number of pyridine rings is 1. The second kappa shape index (κ2) is 6.57. The normalized spacial score (nSPS) is 12.2. The van der Waals surface area contributed by atoms with Crippen LogP contribution in [0.15, 0.2) is 47.5 Å². The molecule has 0 fully saturated rings. The molecule has 1 aromatic heterocycles. The van der Waals surface area contributed by atoms with Gasteiger partial charge in [-0.3, -0.25) is 4.98 Å². The number of benzene rings is 1. The molecule has 0 aliphatic carbocycles. The molecule has 2 rings (SSSR count). The van der Waals surface area contributed by atoms with Crippen molar-refractivity contribution in [2.75, 3.05) is 6.61 Å². The van der Waals surface area contributed by atoms with Crippen molar-refractivity contribution in [2.24, 2.45) is 0 Å². The van der Waals surface area contributed by atoms with Crippen LogP contribution in [0.3, 0.4) is 0 Å². The van der Waals surface area contributed by atoms with Gasteiger partial charge >= 0.3 is 6.18 Å². The lowest BCUT2D eigenvalue weighted by molar-refractivity contribution is -0.141. The Kier molecular flexibility index (Phi) is 4.93. The zero-order chi connectivity index (χ0) is 17.1.